The number of sulfonamides is 1. The van der Waals surface area contributed by atoms with E-state index in [2.05, 4.69) is 21.2 Å². The van der Waals surface area contributed by atoms with E-state index < -0.39 is 15.9 Å². The molecule has 3 rings (SSSR count). The van der Waals surface area contributed by atoms with Crippen molar-refractivity contribution in [1.29, 1.82) is 0 Å². The first-order chi connectivity index (χ1) is 16.1. The maximum atomic E-state index is 13.6. The molecule has 0 atom stereocenters. The Kier molecular flexibility index (Phi) is 8.76. The Bertz CT molecular complexity index is 1280. The number of hydrogen-bond acceptors (Lipinski definition) is 4. The van der Waals surface area contributed by atoms with E-state index >= 15 is 0 Å². The zero-order valence-corrected chi connectivity index (χ0v) is 22.3. The molecule has 9 heteroatoms. The van der Waals surface area contributed by atoms with Crippen molar-refractivity contribution in [3.63, 3.8) is 0 Å². The molecule has 0 aromatic heterocycles. The van der Waals surface area contributed by atoms with Crippen LogP contribution in [-0.4, -0.2) is 32.3 Å². The summed E-state index contributed by atoms with van der Waals surface area (Å²) in [6.07, 6.45) is 0.715. The standard InChI is InChI=1S/C25H26BrClN2O4S/c1-4-19-13-20(26)12-17(2)25(19)28-24(30)16-29(15-18-8-6-5-7-9-18)34(31,32)21-10-11-23(33-3)22(27)14-21/h5-14H,4,15-16H2,1-3H3,(H,28,30). The molecule has 0 saturated carbocycles. The smallest absolute Gasteiger partial charge is 0.243 e. The van der Waals surface area contributed by atoms with Crippen LogP contribution in [0.5, 0.6) is 5.75 Å². The average molecular weight is 566 g/mol. The molecule has 180 valence electrons. The summed E-state index contributed by atoms with van der Waals surface area (Å²) in [6, 6.07) is 17.2. The highest BCUT2D eigenvalue weighted by atomic mass is 79.9. The van der Waals surface area contributed by atoms with E-state index in [0.717, 1.165) is 25.5 Å². The number of rotatable bonds is 9. The van der Waals surface area contributed by atoms with Gasteiger partial charge in [0.15, 0.2) is 0 Å². The average Bonchev–Trinajstić information content (AvgIpc) is 2.80. The third-order valence-electron chi connectivity index (χ3n) is 5.31. The minimum Gasteiger partial charge on any atom is -0.495 e. The summed E-state index contributed by atoms with van der Waals surface area (Å²) in [7, 11) is -2.59. The van der Waals surface area contributed by atoms with Crippen LogP contribution in [0.25, 0.3) is 0 Å². The number of nitrogens with one attached hydrogen (secondary N) is 1. The van der Waals surface area contributed by atoms with Crippen molar-refractivity contribution < 1.29 is 17.9 Å². The first kappa shape index (κ1) is 26.2. The van der Waals surface area contributed by atoms with Crippen LogP contribution >= 0.6 is 27.5 Å². The van der Waals surface area contributed by atoms with Gasteiger partial charge in [0, 0.05) is 16.7 Å². The van der Waals surface area contributed by atoms with E-state index in [9.17, 15) is 13.2 Å². The van der Waals surface area contributed by atoms with Gasteiger partial charge in [0.25, 0.3) is 0 Å². The van der Waals surface area contributed by atoms with Gasteiger partial charge in [0.1, 0.15) is 5.75 Å². The Morgan fingerprint density at radius 3 is 2.44 bits per heavy atom. The lowest BCUT2D eigenvalue weighted by Gasteiger charge is -2.23. The molecule has 0 saturated heterocycles. The Morgan fingerprint density at radius 2 is 1.82 bits per heavy atom. The van der Waals surface area contributed by atoms with Gasteiger partial charge < -0.3 is 10.1 Å². The van der Waals surface area contributed by atoms with Gasteiger partial charge in [-0.3, -0.25) is 4.79 Å². The largest absolute Gasteiger partial charge is 0.495 e. The summed E-state index contributed by atoms with van der Waals surface area (Å²) in [4.78, 5) is 13.1. The molecule has 0 aliphatic rings. The minimum atomic E-state index is -4.04. The zero-order chi connectivity index (χ0) is 24.9. The van der Waals surface area contributed by atoms with Gasteiger partial charge in [-0.25, -0.2) is 8.42 Å². The van der Waals surface area contributed by atoms with Crippen molar-refractivity contribution in [3.8, 4) is 5.75 Å². The second kappa shape index (κ2) is 11.4. The molecule has 1 amide bonds. The van der Waals surface area contributed by atoms with Crippen molar-refractivity contribution in [1.82, 2.24) is 4.31 Å². The van der Waals surface area contributed by atoms with Crippen LogP contribution < -0.4 is 10.1 Å². The first-order valence-corrected chi connectivity index (χ1v) is 13.2. The fraction of sp³-hybridized carbons (Fsp3) is 0.240. The van der Waals surface area contributed by atoms with Crippen molar-refractivity contribution in [3.05, 3.63) is 86.8 Å². The van der Waals surface area contributed by atoms with E-state index in [1.807, 2.05) is 56.3 Å². The number of aryl methyl sites for hydroxylation is 2. The topological polar surface area (TPSA) is 75.7 Å². The molecule has 0 aliphatic heterocycles. The van der Waals surface area contributed by atoms with Crippen LogP contribution in [0.4, 0.5) is 5.69 Å². The Hall–Kier alpha value is -2.39. The number of ether oxygens (including phenoxy) is 1. The number of carbonyl (C=O) groups excluding carboxylic acids is 1. The number of hydrogen-bond donors (Lipinski definition) is 1. The molecule has 6 nitrogen and oxygen atoms in total. The summed E-state index contributed by atoms with van der Waals surface area (Å²) in [5.41, 5.74) is 3.30. The predicted octanol–water partition coefficient (Wildman–Crippen LogP) is 5.81. The molecule has 1 N–H and O–H groups in total. The summed E-state index contributed by atoms with van der Waals surface area (Å²) in [5, 5.41) is 3.09. The van der Waals surface area contributed by atoms with E-state index in [1.54, 1.807) is 0 Å². The maximum absolute atomic E-state index is 13.6. The third kappa shape index (κ3) is 6.18. The Labute approximate surface area is 214 Å². The number of anilines is 1. The fourth-order valence-electron chi connectivity index (χ4n) is 3.58. The van der Waals surface area contributed by atoms with Gasteiger partial charge >= 0.3 is 0 Å². The van der Waals surface area contributed by atoms with Gasteiger partial charge in [-0.2, -0.15) is 4.31 Å². The molecule has 0 heterocycles. The number of carbonyl (C=O) groups is 1. The molecule has 0 spiro atoms. The molecule has 0 radical (unpaired) electrons. The van der Waals surface area contributed by atoms with Crippen LogP contribution in [0.3, 0.4) is 0 Å². The van der Waals surface area contributed by atoms with E-state index in [0.29, 0.717) is 17.9 Å². The monoisotopic (exact) mass is 564 g/mol. The molecule has 0 bridgehead atoms. The van der Waals surface area contributed by atoms with Gasteiger partial charge in [-0.15, -0.1) is 0 Å². The normalized spacial score (nSPS) is 11.5. The van der Waals surface area contributed by atoms with Crippen LogP contribution in [-0.2, 0) is 27.8 Å². The van der Waals surface area contributed by atoms with Crippen molar-refractivity contribution in [2.24, 2.45) is 0 Å². The molecule has 3 aromatic carbocycles. The number of halogens is 2. The number of amides is 1. The molecular formula is C25H26BrClN2O4S. The second-order valence-corrected chi connectivity index (χ2v) is 11.0. The van der Waals surface area contributed by atoms with Crippen LogP contribution in [0, 0.1) is 6.92 Å². The number of methoxy groups -OCH3 is 1. The zero-order valence-electron chi connectivity index (χ0n) is 19.1. The molecular weight excluding hydrogens is 540 g/mol. The predicted molar refractivity (Wildman–Crippen MR) is 139 cm³/mol. The van der Waals surface area contributed by atoms with Gasteiger partial charge in [-0.05, 0) is 60.4 Å². The highest BCUT2D eigenvalue weighted by Crippen LogP contribution is 2.30. The molecule has 0 unspecified atom stereocenters. The lowest BCUT2D eigenvalue weighted by atomic mass is 10.1. The van der Waals surface area contributed by atoms with Crippen LogP contribution in [0.2, 0.25) is 5.02 Å². The third-order valence-corrected chi connectivity index (χ3v) is 7.85. The molecule has 0 aliphatic carbocycles. The SMILES string of the molecule is CCc1cc(Br)cc(C)c1NC(=O)CN(Cc1ccccc1)S(=O)(=O)c1ccc(OC)c(Cl)c1. The van der Waals surface area contributed by atoms with Crippen LogP contribution in [0.15, 0.2) is 70.0 Å². The Balaban J connectivity index is 1.94. The lowest BCUT2D eigenvalue weighted by molar-refractivity contribution is -0.116. The molecule has 3 aromatic rings. The second-order valence-electron chi connectivity index (χ2n) is 7.71. The van der Waals surface area contributed by atoms with Crippen molar-refractivity contribution in [2.75, 3.05) is 19.0 Å². The summed E-state index contributed by atoms with van der Waals surface area (Å²) < 4.78 is 34.3. The minimum absolute atomic E-state index is 0.0175. The summed E-state index contributed by atoms with van der Waals surface area (Å²) in [5.74, 6) is -0.0648. The van der Waals surface area contributed by atoms with E-state index in [4.69, 9.17) is 16.3 Å². The van der Waals surface area contributed by atoms with Crippen LogP contribution in [0.1, 0.15) is 23.6 Å². The van der Waals surface area contributed by atoms with Gasteiger partial charge in [0.2, 0.25) is 15.9 Å². The maximum Gasteiger partial charge on any atom is 0.243 e. The van der Waals surface area contributed by atoms with E-state index in [-0.39, 0.29) is 23.0 Å². The van der Waals surface area contributed by atoms with Crippen molar-refractivity contribution >= 4 is 49.1 Å². The number of benzene rings is 3. The fourth-order valence-corrected chi connectivity index (χ4v) is 5.93. The summed E-state index contributed by atoms with van der Waals surface area (Å²) in [6.45, 7) is 3.56. The Morgan fingerprint density at radius 1 is 1.12 bits per heavy atom. The van der Waals surface area contributed by atoms with Crippen molar-refractivity contribution in [2.45, 2.75) is 31.7 Å². The molecule has 34 heavy (non-hydrogen) atoms. The molecule has 0 fully saturated rings. The highest BCUT2D eigenvalue weighted by Gasteiger charge is 2.28. The lowest BCUT2D eigenvalue weighted by Crippen LogP contribution is -2.37. The summed E-state index contributed by atoms with van der Waals surface area (Å²) >= 11 is 9.67. The van der Waals surface area contributed by atoms with E-state index in [1.165, 1.54) is 25.3 Å². The number of nitrogens with zero attached hydrogens (tertiary/aromatic N) is 1. The van der Waals surface area contributed by atoms with Gasteiger partial charge in [0.05, 0.1) is 23.6 Å². The highest BCUT2D eigenvalue weighted by molar-refractivity contribution is 9.10. The van der Waals surface area contributed by atoms with Gasteiger partial charge in [-0.1, -0.05) is 64.8 Å². The quantitative estimate of drug-likeness (QED) is 0.355. The first-order valence-electron chi connectivity index (χ1n) is 10.6.